The summed E-state index contributed by atoms with van der Waals surface area (Å²) < 4.78 is 10.6. The van der Waals surface area contributed by atoms with Crippen molar-refractivity contribution in [2.24, 2.45) is 10.8 Å². The molecule has 1 rings (SSSR count). The molecule has 0 aromatic heterocycles. The maximum absolute atomic E-state index is 12.0. The van der Waals surface area contributed by atoms with Crippen molar-refractivity contribution in [1.82, 2.24) is 0 Å². The second-order valence-electron chi connectivity index (χ2n) is 5.90. The number of hydrogen-bond acceptors (Lipinski definition) is 4. The molecule has 0 amide bonds. The Balaban J connectivity index is 2.82. The summed E-state index contributed by atoms with van der Waals surface area (Å²) in [4.78, 5) is 23.6. The molecule has 17 heavy (non-hydrogen) atoms. The molecule has 1 aliphatic rings. The van der Waals surface area contributed by atoms with Crippen LogP contribution in [0.2, 0.25) is 0 Å². The van der Waals surface area contributed by atoms with Gasteiger partial charge in [-0.15, -0.1) is 0 Å². The molecule has 0 aliphatic carbocycles. The number of ether oxygens (including phenoxy) is 2. The lowest BCUT2D eigenvalue weighted by molar-refractivity contribution is -0.166. The molecule has 0 spiro atoms. The fraction of sp³-hybridized carbons (Fsp3) is 0.846. The van der Waals surface area contributed by atoms with Gasteiger partial charge in [-0.3, -0.25) is 9.59 Å². The summed E-state index contributed by atoms with van der Waals surface area (Å²) in [5.74, 6) is -0.583. The molecule has 0 saturated carbocycles. The molecule has 4 heteroatoms. The molecule has 2 atom stereocenters. The highest BCUT2D eigenvalue weighted by Crippen LogP contribution is 2.37. The predicted molar refractivity (Wildman–Crippen MR) is 63.3 cm³/mol. The van der Waals surface area contributed by atoms with Gasteiger partial charge in [0.1, 0.15) is 11.5 Å². The van der Waals surface area contributed by atoms with E-state index in [-0.39, 0.29) is 18.0 Å². The molecule has 1 heterocycles. The number of carbonyl (C=O) groups is 2. The minimum Gasteiger partial charge on any atom is -0.458 e. The largest absolute Gasteiger partial charge is 0.458 e. The van der Waals surface area contributed by atoms with Crippen molar-refractivity contribution in [1.29, 1.82) is 0 Å². The van der Waals surface area contributed by atoms with E-state index in [0.29, 0.717) is 6.42 Å². The monoisotopic (exact) mass is 242 g/mol. The Bertz CT molecular complexity index is 330. The van der Waals surface area contributed by atoms with Crippen LogP contribution in [0.15, 0.2) is 0 Å². The van der Waals surface area contributed by atoms with Crippen LogP contribution in [-0.2, 0) is 19.1 Å². The first-order valence-corrected chi connectivity index (χ1v) is 6.05. The molecular formula is C13H22O4. The van der Waals surface area contributed by atoms with Crippen LogP contribution in [0.1, 0.15) is 48.0 Å². The molecule has 1 saturated heterocycles. The second kappa shape index (κ2) is 4.31. The summed E-state index contributed by atoms with van der Waals surface area (Å²) in [7, 11) is 0. The summed E-state index contributed by atoms with van der Waals surface area (Å²) in [5, 5.41) is 0. The van der Waals surface area contributed by atoms with Crippen LogP contribution >= 0.6 is 0 Å². The topological polar surface area (TPSA) is 52.6 Å². The van der Waals surface area contributed by atoms with Crippen molar-refractivity contribution in [2.45, 2.75) is 60.2 Å². The first-order chi connectivity index (χ1) is 7.63. The van der Waals surface area contributed by atoms with E-state index in [4.69, 9.17) is 9.47 Å². The van der Waals surface area contributed by atoms with Crippen LogP contribution in [0.4, 0.5) is 0 Å². The number of hydrogen-bond donors (Lipinski definition) is 0. The van der Waals surface area contributed by atoms with Gasteiger partial charge in [-0.05, 0) is 41.0 Å². The molecule has 1 aliphatic heterocycles. The molecule has 2 unspecified atom stereocenters. The van der Waals surface area contributed by atoms with Crippen molar-refractivity contribution in [3.8, 4) is 0 Å². The van der Waals surface area contributed by atoms with Crippen LogP contribution in [0.25, 0.3) is 0 Å². The average molecular weight is 242 g/mol. The summed E-state index contributed by atoms with van der Waals surface area (Å²) >= 11 is 0. The van der Waals surface area contributed by atoms with Crippen LogP contribution in [0.5, 0.6) is 0 Å². The van der Waals surface area contributed by atoms with Gasteiger partial charge in [0, 0.05) is 0 Å². The Morgan fingerprint density at radius 1 is 1.47 bits per heavy atom. The van der Waals surface area contributed by atoms with Gasteiger partial charge < -0.3 is 9.47 Å². The Hall–Kier alpha value is -1.06. The molecule has 0 N–H and O–H groups in total. The van der Waals surface area contributed by atoms with Crippen LogP contribution in [0, 0.1) is 10.8 Å². The van der Waals surface area contributed by atoms with Crippen molar-refractivity contribution in [3.05, 3.63) is 0 Å². The van der Waals surface area contributed by atoms with Gasteiger partial charge in [0.05, 0.1) is 5.41 Å². The van der Waals surface area contributed by atoms with Gasteiger partial charge in [0.2, 0.25) is 0 Å². The Labute approximate surface area is 103 Å². The average Bonchev–Trinajstić information content (AvgIpc) is 2.41. The van der Waals surface area contributed by atoms with Crippen LogP contribution < -0.4 is 0 Å². The van der Waals surface area contributed by atoms with Crippen LogP contribution in [-0.4, -0.2) is 24.1 Å². The molecule has 0 aromatic carbocycles. The summed E-state index contributed by atoms with van der Waals surface area (Å²) in [6, 6.07) is 0. The zero-order valence-electron chi connectivity index (χ0n) is 11.5. The van der Waals surface area contributed by atoms with Gasteiger partial charge in [-0.25, -0.2) is 0 Å². The summed E-state index contributed by atoms with van der Waals surface area (Å²) in [5.41, 5.74) is -1.29. The first-order valence-electron chi connectivity index (χ1n) is 6.05. The normalized spacial score (nSPS) is 27.8. The minimum atomic E-state index is -0.765. The lowest BCUT2D eigenvalue weighted by Crippen LogP contribution is -2.40. The van der Waals surface area contributed by atoms with Gasteiger partial charge in [-0.1, -0.05) is 6.92 Å². The Morgan fingerprint density at radius 2 is 2.00 bits per heavy atom. The van der Waals surface area contributed by atoms with E-state index in [2.05, 4.69) is 0 Å². The van der Waals surface area contributed by atoms with E-state index >= 15 is 0 Å². The predicted octanol–water partition coefficient (Wildman–Crippen LogP) is 2.31. The van der Waals surface area contributed by atoms with E-state index in [1.807, 2.05) is 20.8 Å². The molecule has 0 bridgehead atoms. The highest BCUT2D eigenvalue weighted by Gasteiger charge is 2.52. The standard InChI is InChI=1S/C13H22O4/c1-7-12(3,4)10(14)17-9-8(2)16-11(15)13(9,5)6/h8-9H,7H2,1-6H3. The van der Waals surface area contributed by atoms with Crippen molar-refractivity contribution in [3.63, 3.8) is 0 Å². The molecular weight excluding hydrogens is 220 g/mol. The van der Waals surface area contributed by atoms with Crippen molar-refractivity contribution in [2.75, 3.05) is 0 Å². The third kappa shape index (κ3) is 2.45. The second-order valence-corrected chi connectivity index (χ2v) is 5.90. The van der Waals surface area contributed by atoms with Crippen molar-refractivity contribution < 1.29 is 19.1 Å². The minimum absolute atomic E-state index is 0.275. The molecule has 4 nitrogen and oxygen atoms in total. The smallest absolute Gasteiger partial charge is 0.315 e. The van der Waals surface area contributed by atoms with E-state index in [9.17, 15) is 9.59 Å². The van der Waals surface area contributed by atoms with Gasteiger partial charge >= 0.3 is 11.9 Å². The third-order valence-corrected chi connectivity index (χ3v) is 3.63. The molecule has 0 aromatic rings. The van der Waals surface area contributed by atoms with Gasteiger partial charge in [0.25, 0.3) is 0 Å². The van der Waals surface area contributed by atoms with Crippen molar-refractivity contribution >= 4 is 11.9 Å². The quantitative estimate of drug-likeness (QED) is 0.713. The zero-order chi connectivity index (χ0) is 13.4. The fourth-order valence-electron chi connectivity index (χ4n) is 1.75. The molecule has 0 radical (unpaired) electrons. The maximum Gasteiger partial charge on any atom is 0.315 e. The Morgan fingerprint density at radius 3 is 2.35 bits per heavy atom. The summed E-state index contributed by atoms with van der Waals surface area (Å²) in [6.07, 6.45) is -0.190. The van der Waals surface area contributed by atoms with E-state index in [0.717, 1.165) is 0 Å². The number of esters is 2. The first kappa shape index (κ1) is 14.0. The Kier molecular flexibility index (Phi) is 3.55. The summed E-state index contributed by atoms with van der Waals surface area (Å²) in [6.45, 7) is 10.9. The van der Waals surface area contributed by atoms with Gasteiger partial charge in [-0.2, -0.15) is 0 Å². The van der Waals surface area contributed by atoms with E-state index in [1.165, 1.54) is 0 Å². The number of cyclic esters (lactones) is 1. The molecule has 1 fully saturated rings. The number of carbonyl (C=O) groups excluding carboxylic acids is 2. The highest BCUT2D eigenvalue weighted by atomic mass is 16.6. The third-order valence-electron chi connectivity index (χ3n) is 3.63. The maximum atomic E-state index is 12.0. The number of rotatable bonds is 3. The van der Waals surface area contributed by atoms with Crippen LogP contribution in [0.3, 0.4) is 0 Å². The zero-order valence-corrected chi connectivity index (χ0v) is 11.5. The highest BCUT2D eigenvalue weighted by molar-refractivity contribution is 5.81. The SMILES string of the molecule is CCC(C)(C)C(=O)OC1C(C)OC(=O)C1(C)C. The lowest BCUT2D eigenvalue weighted by Gasteiger charge is -2.28. The van der Waals surface area contributed by atoms with Gasteiger partial charge in [0.15, 0.2) is 6.10 Å². The fourth-order valence-corrected chi connectivity index (χ4v) is 1.75. The van der Waals surface area contributed by atoms with E-state index < -0.39 is 16.9 Å². The lowest BCUT2D eigenvalue weighted by atomic mass is 9.85. The van der Waals surface area contributed by atoms with E-state index in [1.54, 1.807) is 20.8 Å². The molecule has 98 valence electrons.